The Bertz CT molecular complexity index is 757. The third kappa shape index (κ3) is 3.41. The van der Waals surface area contributed by atoms with Crippen LogP contribution in [-0.4, -0.2) is 33.6 Å². The molecular weight excluding hydrogens is 296 g/mol. The highest BCUT2D eigenvalue weighted by Gasteiger charge is 2.21. The van der Waals surface area contributed by atoms with Crippen LogP contribution in [0.2, 0.25) is 0 Å². The van der Waals surface area contributed by atoms with Crippen LogP contribution < -0.4 is 5.32 Å². The highest BCUT2D eigenvalue weighted by molar-refractivity contribution is 5.93. The number of hydrogen-bond donors (Lipinski definition) is 1. The molecule has 1 aromatic heterocycles. The zero-order valence-electron chi connectivity index (χ0n) is 12.4. The van der Waals surface area contributed by atoms with Gasteiger partial charge in [-0.25, -0.2) is 4.79 Å². The van der Waals surface area contributed by atoms with Gasteiger partial charge in [-0.15, -0.1) is 0 Å². The Labute approximate surface area is 132 Å². The number of amides is 3. The van der Waals surface area contributed by atoms with E-state index in [2.05, 4.69) is 15.3 Å². The molecule has 0 atom stereocenters. The molecule has 0 saturated heterocycles. The van der Waals surface area contributed by atoms with Gasteiger partial charge in [0.2, 0.25) is 5.91 Å². The Morgan fingerprint density at radius 1 is 1.17 bits per heavy atom. The molecule has 3 amide bonds. The quantitative estimate of drug-likeness (QED) is 0.917. The van der Waals surface area contributed by atoms with Crippen molar-refractivity contribution in [2.24, 2.45) is 0 Å². The second-order valence-corrected chi connectivity index (χ2v) is 4.91. The van der Waals surface area contributed by atoms with E-state index < -0.39 is 11.9 Å². The summed E-state index contributed by atoms with van der Waals surface area (Å²) in [4.78, 5) is 36.1. The van der Waals surface area contributed by atoms with E-state index in [0.717, 1.165) is 27.5 Å². The first-order chi connectivity index (χ1) is 11.1. The van der Waals surface area contributed by atoms with E-state index >= 15 is 0 Å². The third-order valence-corrected chi connectivity index (χ3v) is 3.23. The SMILES string of the molecule is CC(=O)NC(=O)N1C=C(c2ccc(-c3cnccn3)cc2)CO1. The lowest BCUT2D eigenvalue weighted by Gasteiger charge is -2.10. The summed E-state index contributed by atoms with van der Waals surface area (Å²) in [5, 5.41) is 3.17. The number of imide groups is 1. The highest BCUT2D eigenvalue weighted by Crippen LogP contribution is 2.24. The summed E-state index contributed by atoms with van der Waals surface area (Å²) >= 11 is 0. The number of nitrogens with zero attached hydrogens (tertiary/aromatic N) is 3. The van der Waals surface area contributed by atoms with Gasteiger partial charge in [0.15, 0.2) is 0 Å². The lowest BCUT2D eigenvalue weighted by molar-refractivity contribution is -0.119. The van der Waals surface area contributed by atoms with Crippen molar-refractivity contribution in [1.82, 2.24) is 20.3 Å². The number of carbonyl (C=O) groups is 2. The first kappa shape index (κ1) is 14.9. The summed E-state index contributed by atoms with van der Waals surface area (Å²) in [5.41, 5.74) is 3.51. The van der Waals surface area contributed by atoms with Crippen molar-refractivity contribution < 1.29 is 14.4 Å². The average molecular weight is 310 g/mol. The molecule has 1 aliphatic rings. The van der Waals surface area contributed by atoms with E-state index in [1.165, 1.54) is 6.92 Å². The zero-order chi connectivity index (χ0) is 16.2. The van der Waals surface area contributed by atoms with Crippen LogP contribution in [0, 0.1) is 0 Å². The Balaban J connectivity index is 1.75. The average Bonchev–Trinajstić information content (AvgIpc) is 3.05. The van der Waals surface area contributed by atoms with Gasteiger partial charge in [-0.3, -0.25) is 24.9 Å². The summed E-state index contributed by atoms with van der Waals surface area (Å²) in [5.74, 6) is -0.436. The molecule has 7 heteroatoms. The number of carbonyl (C=O) groups excluding carboxylic acids is 2. The standard InChI is InChI=1S/C16H14N4O3/c1-11(21)19-16(22)20-9-14(10-23-20)12-2-4-13(5-3-12)15-8-17-6-7-18-15/h2-9H,10H2,1H3,(H,19,21,22). The van der Waals surface area contributed by atoms with Crippen molar-refractivity contribution in [1.29, 1.82) is 0 Å². The largest absolute Gasteiger partial charge is 0.352 e. The molecule has 0 saturated carbocycles. The van der Waals surface area contributed by atoms with Gasteiger partial charge in [0.25, 0.3) is 0 Å². The van der Waals surface area contributed by atoms with Crippen molar-refractivity contribution in [2.45, 2.75) is 6.92 Å². The molecule has 0 fully saturated rings. The van der Waals surface area contributed by atoms with Gasteiger partial charge in [-0.2, -0.15) is 5.06 Å². The van der Waals surface area contributed by atoms with Crippen LogP contribution in [0.1, 0.15) is 12.5 Å². The summed E-state index contributed by atoms with van der Waals surface area (Å²) in [7, 11) is 0. The molecule has 7 nitrogen and oxygen atoms in total. The number of urea groups is 1. The minimum atomic E-state index is -0.608. The molecule has 23 heavy (non-hydrogen) atoms. The molecule has 1 N–H and O–H groups in total. The number of rotatable bonds is 2. The van der Waals surface area contributed by atoms with Crippen molar-refractivity contribution in [2.75, 3.05) is 6.61 Å². The molecule has 1 aromatic carbocycles. The number of nitrogens with one attached hydrogen (secondary N) is 1. The van der Waals surface area contributed by atoms with E-state index in [9.17, 15) is 9.59 Å². The topological polar surface area (TPSA) is 84.4 Å². The van der Waals surface area contributed by atoms with Gasteiger partial charge < -0.3 is 0 Å². The lowest BCUT2D eigenvalue weighted by atomic mass is 10.0. The molecule has 0 unspecified atom stereocenters. The van der Waals surface area contributed by atoms with E-state index in [1.54, 1.807) is 24.8 Å². The number of aromatic nitrogens is 2. The van der Waals surface area contributed by atoms with Gasteiger partial charge in [-0.05, 0) is 5.56 Å². The molecule has 2 heterocycles. The second-order valence-electron chi connectivity index (χ2n) is 4.91. The molecule has 0 aliphatic carbocycles. The first-order valence-corrected chi connectivity index (χ1v) is 6.95. The van der Waals surface area contributed by atoms with Crippen LogP contribution in [0.4, 0.5) is 4.79 Å². The molecule has 0 spiro atoms. The minimum Gasteiger partial charge on any atom is -0.276 e. The predicted molar refractivity (Wildman–Crippen MR) is 82.4 cm³/mol. The monoisotopic (exact) mass is 310 g/mol. The molecule has 3 rings (SSSR count). The summed E-state index contributed by atoms with van der Waals surface area (Å²) in [6.07, 6.45) is 6.53. The summed E-state index contributed by atoms with van der Waals surface area (Å²) in [6, 6.07) is 7.09. The van der Waals surface area contributed by atoms with Crippen LogP contribution in [0.5, 0.6) is 0 Å². The fraction of sp³-hybridized carbons (Fsp3) is 0.125. The van der Waals surface area contributed by atoms with Gasteiger partial charge in [0.1, 0.15) is 6.61 Å². The fourth-order valence-corrected chi connectivity index (χ4v) is 2.14. The fourth-order valence-electron chi connectivity index (χ4n) is 2.14. The molecule has 116 valence electrons. The Morgan fingerprint density at radius 3 is 2.57 bits per heavy atom. The normalized spacial score (nSPS) is 13.6. The Hall–Kier alpha value is -3.06. The highest BCUT2D eigenvalue weighted by atomic mass is 16.7. The molecule has 0 bridgehead atoms. The van der Waals surface area contributed by atoms with Gasteiger partial charge in [-0.1, -0.05) is 24.3 Å². The molecule has 0 radical (unpaired) electrons. The summed E-state index contributed by atoms with van der Waals surface area (Å²) < 4.78 is 0. The van der Waals surface area contributed by atoms with Crippen molar-refractivity contribution in [3.05, 3.63) is 54.6 Å². The van der Waals surface area contributed by atoms with E-state index in [1.807, 2.05) is 24.3 Å². The molecule has 2 aromatic rings. The minimum absolute atomic E-state index is 0.260. The van der Waals surface area contributed by atoms with E-state index in [-0.39, 0.29) is 6.61 Å². The number of hydrogen-bond acceptors (Lipinski definition) is 5. The second kappa shape index (κ2) is 6.37. The van der Waals surface area contributed by atoms with Crippen LogP contribution in [0.3, 0.4) is 0 Å². The Kier molecular flexibility index (Phi) is 4.11. The summed E-state index contributed by atoms with van der Waals surface area (Å²) in [6.45, 7) is 1.53. The van der Waals surface area contributed by atoms with E-state index in [0.29, 0.717) is 0 Å². The van der Waals surface area contributed by atoms with Crippen molar-refractivity contribution >= 4 is 17.5 Å². The molecular formula is C16H14N4O3. The van der Waals surface area contributed by atoms with Crippen molar-refractivity contribution in [3.8, 4) is 11.3 Å². The van der Waals surface area contributed by atoms with Crippen molar-refractivity contribution in [3.63, 3.8) is 0 Å². The predicted octanol–water partition coefficient (Wildman–Crippen LogP) is 1.99. The maximum Gasteiger partial charge on any atom is 0.352 e. The number of hydroxylamine groups is 2. The maximum atomic E-state index is 11.7. The first-order valence-electron chi connectivity index (χ1n) is 6.95. The van der Waals surface area contributed by atoms with Gasteiger partial charge in [0.05, 0.1) is 11.9 Å². The van der Waals surface area contributed by atoms with Crippen LogP contribution in [0.15, 0.2) is 49.1 Å². The zero-order valence-corrected chi connectivity index (χ0v) is 12.4. The Morgan fingerprint density at radius 2 is 1.91 bits per heavy atom. The third-order valence-electron chi connectivity index (χ3n) is 3.23. The van der Waals surface area contributed by atoms with Gasteiger partial charge >= 0.3 is 6.03 Å². The lowest BCUT2D eigenvalue weighted by Crippen LogP contribution is -2.37. The van der Waals surface area contributed by atoms with E-state index in [4.69, 9.17) is 4.84 Å². The molecule has 1 aliphatic heterocycles. The van der Waals surface area contributed by atoms with Crippen LogP contribution in [-0.2, 0) is 9.63 Å². The van der Waals surface area contributed by atoms with Crippen LogP contribution in [0.25, 0.3) is 16.8 Å². The van der Waals surface area contributed by atoms with Gasteiger partial charge in [0, 0.05) is 36.7 Å². The smallest absolute Gasteiger partial charge is 0.276 e. The number of benzene rings is 1. The van der Waals surface area contributed by atoms with Crippen LogP contribution >= 0.6 is 0 Å². The maximum absolute atomic E-state index is 11.7.